The van der Waals surface area contributed by atoms with Crippen LogP contribution in [-0.4, -0.2) is 35.8 Å². The molecule has 3 aromatic heterocycles. The van der Waals surface area contributed by atoms with E-state index in [-0.39, 0.29) is 5.82 Å². The molecule has 0 bridgehead atoms. The number of para-hydroxylation sites is 2. The van der Waals surface area contributed by atoms with E-state index in [0.717, 1.165) is 48.7 Å². The summed E-state index contributed by atoms with van der Waals surface area (Å²) < 4.78 is 18.1. The lowest BCUT2D eigenvalue weighted by atomic mass is 10.2. The molecule has 0 fully saturated rings. The summed E-state index contributed by atoms with van der Waals surface area (Å²) >= 11 is 0. The van der Waals surface area contributed by atoms with Crippen molar-refractivity contribution in [3.63, 3.8) is 0 Å². The van der Waals surface area contributed by atoms with E-state index in [4.69, 9.17) is 4.98 Å². The summed E-state index contributed by atoms with van der Waals surface area (Å²) in [6.07, 6.45) is 1.59. The highest BCUT2D eigenvalue weighted by Gasteiger charge is 2.22. The third kappa shape index (κ3) is 2.80. The lowest BCUT2D eigenvalue weighted by Gasteiger charge is -2.27. The molecule has 0 saturated carbocycles. The zero-order chi connectivity index (χ0) is 18.4. The van der Waals surface area contributed by atoms with Crippen molar-refractivity contribution in [2.45, 2.75) is 19.6 Å². The van der Waals surface area contributed by atoms with Crippen LogP contribution in [-0.2, 0) is 26.7 Å². The molecule has 1 aliphatic heterocycles. The van der Waals surface area contributed by atoms with Gasteiger partial charge in [-0.3, -0.25) is 14.6 Å². The number of benzene rings is 1. The Morgan fingerprint density at radius 2 is 2.00 bits per heavy atom. The van der Waals surface area contributed by atoms with Gasteiger partial charge in [0.2, 0.25) is 0 Å². The maximum absolute atomic E-state index is 14.0. The number of halogens is 1. The number of nitrogens with zero attached hydrogens (tertiary/aromatic N) is 6. The molecular weight excluding hydrogens is 343 g/mol. The minimum Gasteiger partial charge on any atom is -0.330 e. The predicted molar refractivity (Wildman–Crippen MR) is 100 cm³/mol. The van der Waals surface area contributed by atoms with Gasteiger partial charge in [0.25, 0.3) is 0 Å². The van der Waals surface area contributed by atoms with Crippen LogP contribution in [0.5, 0.6) is 0 Å². The summed E-state index contributed by atoms with van der Waals surface area (Å²) in [5.41, 5.74) is 4.13. The number of aryl methyl sites for hydroxylation is 1. The van der Waals surface area contributed by atoms with Crippen molar-refractivity contribution in [1.82, 2.24) is 29.2 Å². The van der Waals surface area contributed by atoms with Gasteiger partial charge in [0.05, 0.1) is 29.8 Å². The Bertz CT molecular complexity index is 1130. The van der Waals surface area contributed by atoms with Gasteiger partial charge in [-0.2, -0.15) is 5.10 Å². The largest absolute Gasteiger partial charge is 0.330 e. The van der Waals surface area contributed by atoms with Gasteiger partial charge in [0.1, 0.15) is 17.2 Å². The monoisotopic (exact) mass is 362 g/mol. The molecule has 0 aliphatic carbocycles. The van der Waals surface area contributed by atoms with E-state index in [2.05, 4.69) is 32.7 Å². The minimum atomic E-state index is -0.343. The Hall–Kier alpha value is -3.06. The summed E-state index contributed by atoms with van der Waals surface area (Å²) in [5.74, 6) is 0.699. The van der Waals surface area contributed by atoms with Crippen LogP contribution in [0, 0.1) is 5.82 Å². The molecule has 4 heterocycles. The zero-order valence-electron chi connectivity index (χ0n) is 15.0. The summed E-state index contributed by atoms with van der Waals surface area (Å²) in [5, 5.41) is 4.54. The number of aromatic nitrogens is 5. The van der Waals surface area contributed by atoms with Gasteiger partial charge in [-0.1, -0.05) is 12.1 Å². The normalized spacial score (nSPS) is 14.6. The predicted octanol–water partition coefficient (Wildman–Crippen LogP) is 2.99. The maximum Gasteiger partial charge on any atom is 0.151 e. The molecule has 1 aliphatic rings. The van der Waals surface area contributed by atoms with Gasteiger partial charge < -0.3 is 4.57 Å². The molecule has 0 unspecified atom stereocenters. The highest BCUT2D eigenvalue weighted by Crippen LogP contribution is 2.24. The second kappa shape index (κ2) is 6.28. The molecule has 5 rings (SSSR count). The molecule has 0 atom stereocenters. The second-order valence-corrected chi connectivity index (χ2v) is 6.86. The van der Waals surface area contributed by atoms with E-state index < -0.39 is 0 Å². The number of rotatable bonds is 3. The molecule has 1 aromatic carbocycles. The van der Waals surface area contributed by atoms with E-state index in [1.54, 1.807) is 12.3 Å². The molecule has 0 N–H and O–H groups in total. The molecule has 6 nitrogen and oxygen atoms in total. The van der Waals surface area contributed by atoms with Crippen LogP contribution in [0.4, 0.5) is 4.39 Å². The second-order valence-electron chi connectivity index (χ2n) is 6.86. The molecule has 0 spiro atoms. The topological polar surface area (TPSA) is 51.8 Å². The van der Waals surface area contributed by atoms with Crippen LogP contribution in [0.2, 0.25) is 0 Å². The highest BCUT2D eigenvalue weighted by molar-refractivity contribution is 5.75. The van der Waals surface area contributed by atoms with Crippen molar-refractivity contribution >= 4 is 11.0 Å². The van der Waals surface area contributed by atoms with E-state index in [9.17, 15) is 4.39 Å². The summed E-state index contributed by atoms with van der Waals surface area (Å²) in [6.45, 7) is 3.17. The van der Waals surface area contributed by atoms with Gasteiger partial charge in [-0.05, 0) is 30.3 Å². The SMILES string of the molecule is Cn1c(CN2CCn3nc(-c4ncccc4F)cc3C2)nc2ccccc21. The zero-order valence-corrected chi connectivity index (χ0v) is 15.0. The molecule has 4 aromatic rings. The fourth-order valence-electron chi connectivity index (χ4n) is 3.68. The Labute approximate surface area is 155 Å². The lowest BCUT2D eigenvalue weighted by molar-refractivity contribution is 0.199. The summed E-state index contributed by atoms with van der Waals surface area (Å²) in [7, 11) is 2.06. The van der Waals surface area contributed by atoms with Crippen molar-refractivity contribution in [2.75, 3.05) is 6.54 Å². The van der Waals surface area contributed by atoms with Gasteiger partial charge in [-0.15, -0.1) is 0 Å². The molecule has 7 heteroatoms. The van der Waals surface area contributed by atoms with Crippen LogP contribution in [0.3, 0.4) is 0 Å². The van der Waals surface area contributed by atoms with Gasteiger partial charge in [0.15, 0.2) is 5.82 Å². The van der Waals surface area contributed by atoms with Gasteiger partial charge in [0, 0.05) is 26.3 Å². The number of fused-ring (bicyclic) bond motifs is 2. The van der Waals surface area contributed by atoms with E-state index in [1.165, 1.54) is 6.07 Å². The standard InChI is InChI=1S/C20H19FN6/c1-25-18-7-3-2-6-16(18)23-19(25)13-26-9-10-27-14(12-26)11-17(24-27)20-15(21)5-4-8-22-20/h2-8,11H,9-10,12-13H2,1H3. The van der Waals surface area contributed by atoms with Crippen molar-refractivity contribution in [1.29, 1.82) is 0 Å². The molecule has 136 valence electrons. The first kappa shape index (κ1) is 16.1. The first-order chi connectivity index (χ1) is 13.2. The third-order valence-electron chi connectivity index (χ3n) is 5.12. The van der Waals surface area contributed by atoms with Crippen LogP contribution >= 0.6 is 0 Å². The van der Waals surface area contributed by atoms with Crippen molar-refractivity contribution in [2.24, 2.45) is 7.05 Å². The minimum absolute atomic E-state index is 0.307. The Kier molecular flexibility index (Phi) is 3.75. The van der Waals surface area contributed by atoms with Crippen LogP contribution in [0.1, 0.15) is 11.5 Å². The first-order valence-corrected chi connectivity index (χ1v) is 8.99. The van der Waals surface area contributed by atoms with E-state index >= 15 is 0 Å². The van der Waals surface area contributed by atoms with Crippen LogP contribution in [0.25, 0.3) is 22.4 Å². The first-order valence-electron chi connectivity index (χ1n) is 8.99. The summed E-state index contributed by atoms with van der Waals surface area (Å²) in [6, 6.07) is 13.1. The fraction of sp³-hybridized carbons (Fsp3) is 0.250. The van der Waals surface area contributed by atoms with Crippen molar-refractivity contribution < 1.29 is 4.39 Å². The lowest BCUT2D eigenvalue weighted by Crippen LogP contribution is -2.34. The van der Waals surface area contributed by atoms with Gasteiger partial charge in [-0.25, -0.2) is 9.37 Å². The molecular formula is C20H19FN6. The molecule has 0 radical (unpaired) electrons. The van der Waals surface area contributed by atoms with Gasteiger partial charge >= 0.3 is 0 Å². The Morgan fingerprint density at radius 1 is 1.11 bits per heavy atom. The number of hydrogen-bond donors (Lipinski definition) is 0. The maximum atomic E-state index is 14.0. The molecule has 0 saturated heterocycles. The van der Waals surface area contributed by atoms with Crippen LogP contribution in [0.15, 0.2) is 48.7 Å². The Balaban J connectivity index is 1.39. The number of imidazole rings is 1. The van der Waals surface area contributed by atoms with Crippen molar-refractivity contribution in [3.05, 3.63) is 66.0 Å². The average Bonchev–Trinajstić information content (AvgIpc) is 3.23. The quantitative estimate of drug-likeness (QED) is 0.562. The highest BCUT2D eigenvalue weighted by atomic mass is 19.1. The number of pyridine rings is 1. The molecule has 0 amide bonds. The summed E-state index contributed by atoms with van der Waals surface area (Å²) in [4.78, 5) is 11.2. The fourth-order valence-corrected chi connectivity index (χ4v) is 3.68. The van der Waals surface area contributed by atoms with E-state index in [0.29, 0.717) is 11.4 Å². The third-order valence-corrected chi connectivity index (χ3v) is 5.12. The molecule has 27 heavy (non-hydrogen) atoms. The van der Waals surface area contributed by atoms with Crippen molar-refractivity contribution in [3.8, 4) is 11.4 Å². The smallest absolute Gasteiger partial charge is 0.151 e. The Morgan fingerprint density at radius 3 is 2.85 bits per heavy atom. The van der Waals surface area contributed by atoms with Crippen LogP contribution < -0.4 is 0 Å². The van der Waals surface area contributed by atoms with E-state index in [1.807, 2.05) is 28.9 Å². The average molecular weight is 362 g/mol. The number of hydrogen-bond acceptors (Lipinski definition) is 4.